The summed E-state index contributed by atoms with van der Waals surface area (Å²) in [7, 11) is 4.94. The van der Waals surface area contributed by atoms with E-state index >= 15 is 0 Å². The lowest BCUT2D eigenvalue weighted by Crippen LogP contribution is -2.43. The van der Waals surface area contributed by atoms with Gasteiger partial charge in [-0.25, -0.2) is 4.79 Å². The SMILES string of the molecule is COc1cc2c(cc1OC)C(=C(Nc1ccc(N(C)C(=O)N3CCCCC3)cc1)c1ccccc1)C(=O)N2. The molecule has 0 spiro atoms. The van der Waals surface area contributed by atoms with E-state index < -0.39 is 0 Å². The number of anilines is 3. The molecule has 0 aliphatic carbocycles. The summed E-state index contributed by atoms with van der Waals surface area (Å²) in [5.74, 6) is 0.865. The Balaban J connectivity index is 1.49. The topological polar surface area (TPSA) is 83.1 Å². The molecule has 0 aromatic heterocycles. The number of carbonyl (C=O) groups is 2. The van der Waals surface area contributed by atoms with Gasteiger partial charge in [0.2, 0.25) is 0 Å². The maximum Gasteiger partial charge on any atom is 0.324 e. The fourth-order valence-corrected chi connectivity index (χ4v) is 4.95. The molecule has 1 fully saturated rings. The fourth-order valence-electron chi connectivity index (χ4n) is 4.95. The number of likely N-dealkylation sites (tertiary alicyclic amines) is 1. The van der Waals surface area contributed by atoms with Crippen LogP contribution in [0.2, 0.25) is 0 Å². The second kappa shape index (κ2) is 10.9. The first kappa shape index (κ1) is 25.2. The van der Waals surface area contributed by atoms with E-state index in [2.05, 4.69) is 10.6 Å². The van der Waals surface area contributed by atoms with E-state index in [0.717, 1.165) is 48.4 Å². The van der Waals surface area contributed by atoms with Gasteiger partial charge >= 0.3 is 6.03 Å². The van der Waals surface area contributed by atoms with Crippen molar-refractivity contribution in [3.63, 3.8) is 0 Å². The minimum Gasteiger partial charge on any atom is -0.493 e. The normalized spacial score (nSPS) is 15.9. The second-order valence-corrected chi connectivity index (χ2v) is 9.38. The van der Waals surface area contributed by atoms with Crippen LogP contribution in [0.5, 0.6) is 11.5 Å². The van der Waals surface area contributed by atoms with Crippen molar-refractivity contribution >= 4 is 40.3 Å². The van der Waals surface area contributed by atoms with E-state index in [1.165, 1.54) is 6.42 Å². The molecular formula is C30H32N4O4. The predicted molar refractivity (Wildman–Crippen MR) is 151 cm³/mol. The third-order valence-corrected chi connectivity index (χ3v) is 7.02. The number of fused-ring (bicyclic) bond motifs is 1. The van der Waals surface area contributed by atoms with E-state index in [0.29, 0.717) is 28.5 Å². The van der Waals surface area contributed by atoms with Crippen LogP contribution in [0.25, 0.3) is 11.3 Å². The number of piperidine rings is 1. The van der Waals surface area contributed by atoms with Gasteiger partial charge in [-0.1, -0.05) is 30.3 Å². The minimum atomic E-state index is -0.217. The number of urea groups is 1. The summed E-state index contributed by atoms with van der Waals surface area (Å²) < 4.78 is 10.9. The molecule has 2 N–H and O–H groups in total. The quantitative estimate of drug-likeness (QED) is 0.416. The molecule has 3 aromatic carbocycles. The highest BCUT2D eigenvalue weighted by Gasteiger charge is 2.30. The van der Waals surface area contributed by atoms with Crippen molar-refractivity contribution in [3.05, 3.63) is 77.9 Å². The number of rotatable bonds is 6. The fraction of sp³-hybridized carbons (Fsp3) is 0.267. The highest BCUT2D eigenvalue weighted by Crippen LogP contribution is 2.43. The van der Waals surface area contributed by atoms with Gasteiger partial charge < -0.3 is 25.0 Å². The van der Waals surface area contributed by atoms with Gasteiger partial charge in [0.15, 0.2) is 11.5 Å². The van der Waals surface area contributed by atoms with Crippen LogP contribution in [0, 0.1) is 0 Å². The van der Waals surface area contributed by atoms with Gasteiger partial charge in [0.1, 0.15) is 0 Å². The number of hydrogen-bond donors (Lipinski definition) is 2. The lowest BCUT2D eigenvalue weighted by Gasteiger charge is -2.31. The predicted octanol–water partition coefficient (Wildman–Crippen LogP) is 5.68. The molecule has 8 heteroatoms. The van der Waals surface area contributed by atoms with E-state index in [1.54, 1.807) is 32.2 Å². The van der Waals surface area contributed by atoms with Gasteiger partial charge in [0, 0.05) is 43.1 Å². The van der Waals surface area contributed by atoms with Gasteiger partial charge in [-0.15, -0.1) is 0 Å². The largest absolute Gasteiger partial charge is 0.493 e. The van der Waals surface area contributed by atoms with Crippen molar-refractivity contribution in [2.45, 2.75) is 19.3 Å². The van der Waals surface area contributed by atoms with Gasteiger partial charge in [-0.3, -0.25) is 9.69 Å². The molecule has 1 saturated heterocycles. The molecule has 2 aliphatic rings. The zero-order valence-corrected chi connectivity index (χ0v) is 21.9. The Kier molecular flexibility index (Phi) is 7.22. The highest BCUT2D eigenvalue weighted by atomic mass is 16.5. The van der Waals surface area contributed by atoms with Gasteiger partial charge in [0.25, 0.3) is 5.91 Å². The molecule has 0 atom stereocenters. The van der Waals surface area contributed by atoms with Crippen LogP contribution in [-0.4, -0.2) is 51.2 Å². The molecule has 0 saturated carbocycles. The lowest BCUT2D eigenvalue weighted by molar-refractivity contribution is -0.110. The summed E-state index contributed by atoms with van der Waals surface area (Å²) in [5, 5.41) is 6.42. The summed E-state index contributed by atoms with van der Waals surface area (Å²) >= 11 is 0. The number of nitrogens with one attached hydrogen (secondary N) is 2. The zero-order chi connectivity index (χ0) is 26.6. The van der Waals surface area contributed by atoms with Crippen molar-refractivity contribution < 1.29 is 19.1 Å². The first-order chi connectivity index (χ1) is 18.5. The average Bonchev–Trinajstić information content (AvgIpc) is 3.29. The van der Waals surface area contributed by atoms with Crippen LogP contribution in [0.15, 0.2) is 66.7 Å². The summed E-state index contributed by atoms with van der Waals surface area (Å²) in [4.78, 5) is 29.8. The number of benzene rings is 3. The Labute approximate surface area is 222 Å². The average molecular weight is 513 g/mol. The van der Waals surface area contributed by atoms with Crippen molar-refractivity contribution in [2.75, 3.05) is 49.9 Å². The van der Waals surface area contributed by atoms with Crippen LogP contribution in [0.4, 0.5) is 21.9 Å². The number of methoxy groups -OCH3 is 2. The molecule has 3 aromatic rings. The van der Waals surface area contributed by atoms with Crippen LogP contribution in [-0.2, 0) is 4.79 Å². The first-order valence-corrected chi connectivity index (χ1v) is 12.8. The Morgan fingerprint density at radius 2 is 1.58 bits per heavy atom. The number of nitrogens with zero attached hydrogens (tertiary/aromatic N) is 2. The highest BCUT2D eigenvalue weighted by molar-refractivity contribution is 6.37. The van der Waals surface area contributed by atoms with Crippen LogP contribution in [0.1, 0.15) is 30.4 Å². The minimum absolute atomic E-state index is 0.0149. The Bertz CT molecular complexity index is 1360. The number of hydrogen-bond acceptors (Lipinski definition) is 5. The number of amides is 3. The van der Waals surface area contributed by atoms with Crippen LogP contribution in [0.3, 0.4) is 0 Å². The molecule has 196 valence electrons. The van der Waals surface area contributed by atoms with Gasteiger partial charge in [-0.2, -0.15) is 0 Å². The van der Waals surface area contributed by atoms with Crippen molar-refractivity contribution in [3.8, 4) is 11.5 Å². The van der Waals surface area contributed by atoms with E-state index in [9.17, 15) is 9.59 Å². The number of carbonyl (C=O) groups excluding carboxylic acids is 2. The Morgan fingerprint density at radius 1 is 0.921 bits per heavy atom. The summed E-state index contributed by atoms with van der Waals surface area (Å²) in [6.45, 7) is 1.61. The van der Waals surface area contributed by atoms with Crippen LogP contribution < -0.4 is 25.0 Å². The molecule has 0 unspecified atom stereocenters. The van der Waals surface area contributed by atoms with E-state index in [-0.39, 0.29) is 11.9 Å². The van der Waals surface area contributed by atoms with E-state index in [1.807, 2.05) is 65.6 Å². The summed E-state index contributed by atoms with van der Waals surface area (Å²) in [5.41, 5.74) is 5.02. The van der Waals surface area contributed by atoms with Gasteiger partial charge in [-0.05, 0) is 55.2 Å². The smallest absolute Gasteiger partial charge is 0.324 e. The molecule has 38 heavy (non-hydrogen) atoms. The molecule has 3 amide bonds. The second-order valence-electron chi connectivity index (χ2n) is 9.38. The molecule has 2 aliphatic heterocycles. The molecule has 2 heterocycles. The van der Waals surface area contributed by atoms with Crippen molar-refractivity contribution in [2.24, 2.45) is 0 Å². The third-order valence-electron chi connectivity index (χ3n) is 7.02. The maximum absolute atomic E-state index is 13.3. The van der Waals surface area contributed by atoms with Crippen molar-refractivity contribution in [1.82, 2.24) is 4.90 Å². The lowest BCUT2D eigenvalue weighted by atomic mass is 9.99. The molecule has 8 nitrogen and oxygen atoms in total. The molecule has 5 rings (SSSR count). The molecular weight excluding hydrogens is 480 g/mol. The standard InChI is InChI=1S/C30H32N4O4/c1-33(30(36)34-16-8-5-9-17-34)22-14-12-21(13-15-22)31-28(20-10-6-4-7-11-20)27-23-18-25(37-2)26(38-3)19-24(23)32-29(27)35/h4,6-7,10-15,18-19,31H,5,8-9,16-17H2,1-3H3,(H,32,35). The zero-order valence-electron chi connectivity index (χ0n) is 21.9. The van der Waals surface area contributed by atoms with Gasteiger partial charge in [0.05, 0.1) is 31.2 Å². The Hall–Kier alpha value is -4.46. The summed E-state index contributed by atoms with van der Waals surface area (Å²) in [6.07, 6.45) is 3.28. The third kappa shape index (κ3) is 4.89. The van der Waals surface area contributed by atoms with Crippen LogP contribution >= 0.6 is 0 Å². The monoisotopic (exact) mass is 512 g/mol. The Morgan fingerprint density at radius 3 is 2.24 bits per heavy atom. The first-order valence-electron chi connectivity index (χ1n) is 12.8. The molecule has 0 bridgehead atoms. The maximum atomic E-state index is 13.3. The number of ether oxygens (including phenoxy) is 2. The summed E-state index contributed by atoms with van der Waals surface area (Å²) in [6, 6.07) is 21.0. The molecule has 0 radical (unpaired) electrons. The van der Waals surface area contributed by atoms with Crippen molar-refractivity contribution in [1.29, 1.82) is 0 Å². The van der Waals surface area contributed by atoms with E-state index in [4.69, 9.17) is 9.47 Å².